The first-order chi connectivity index (χ1) is 12.1. The summed E-state index contributed by atoms with van der Waals surface area (Å²) in [4.78, 5) is 44.7. The zero-order chi connectivity index (χ0) is 17.6. The molecule has 0 bridgehead atoms. The van der Waals surface area contributed by atoms with Crippen molar-refractivity contribution in [3.8, 4) is 0 Å². The summed E-state index contributed by atoms with van der Waals surface area (Å²) in [6.07, 6.45) is 1.87. The van der Waals surface area contributed by atoms with Crippen LogP contribution in [0.1, 0.15) is 28.8 Å². The van der Waals surface area contributed by atoms with Gasteiger partial charge in [-0.25, -0.2) is 9.78 Å². The topological polar surface area (TPSA) is 76.6 Å². The number of amides is 2. The van der Waals surface area contributed by atoms with E-state index >= 15 is 0 Å². The van der Waals surface area contributed by atoms with Gasteiger partial charge in [-0.1, -0.05) is 35.1 Å². The Morgan fingerprint density at radius 1 is 1.08 bits per heavy atom. The summed E-state index contributed by atoms with van der Waals surface area (Å²) in [5.74, 6) is -1.14. The molecule has 1 fully saturated rings. The van der Waals surface area contributed by atoms with Crippen molar-refractivity contribution < 1.29 is 19.2 Å². The lowest BCUT2D eigenvalue weighted by atomic mass is 10.1. The molecule has 2 heterocycles. The lowest BCUT2D eigenvalue weighted by Gasteiger charge is -2.14. The Kier molecular flexibility index (Phi) is 5.72. The SMILES string of the molecule is O=C(ON1C(=O)CCC1=O)c1ccccc1CSSc1ccccn1. The fourth-order valence-corrected chi connectivity index (χ4v) is 4.20. The molecule has 1 aromatic carbocycles. The third-order valence-electron chi connectivity index (χ3n) is 3.41. The molecule has 1 aliphatic heterocycles. The number of benzene rings is 1. The first-order valence-electron chi connectivity index (χ1n) is 7.51. The van der Waals surface area contributed by atoms with Gasteiger partial charge in [0, 0.05) is 24.8 Å². The van der Waals surface area contributed by atoms with E-state index in [-0.39, 0.29) is 12.8 Å². The summed E-state index contributed by atoms with van der Waals surface area (Å²) in [6.45, 7) is 0. The summed E-state index contributed by atoms with van der Waals surface area (Å²) in [5.41, 5.74) is 1.10. The van der Waals surface area contributed by atoms with Gasteiger partial charge in [0.2, 0.25) is 0 Å². The Balaban J connectivity index is 1.64. The van der Waals surface area contributed by atoms with Crippen LogP contribution in [0.5, 0.6) is 0 Å². The fourth-order valence-electron chi connectivity index (χ4n) is 2.18. The van der Waals surface area contributed by atoms with Gasteiger partial charge in [0.25, 0.3) is 11.8 Å². The van der Waals surface area contributed by atoms with Gasteiger partial charge in [-0.2, -0.15) is 0 Å². The van der Waals surface area contributed by atoms with Crippen LogP contribution in [0.15, 0.2) is 53.7 Å². The molecule has 25 heavy (non-hydrogen) atoms. The molecule has 0 N–H and O–H groups in total. The number of hydrogen-bond acceptors (Lipinski definition) is 7. The maximum absolute atomic E-state index is 12.3. The lowest BCUT2D eigenvalue weighted by Crippen LogP contribution is -2.32. The minimum atomic E-state index is -0.706. The van der Waals surface area contributed by atoms with Crippen molar-refractivity contribution in [3.63, 3.8) is 0 Å². The second-order valence-electron chi connectivity index (χ2n) is 5.13. The molecule has 0 saturated carbocycles. The summed E-state index contributed by atoms with van der Waals surface area (Å²) in [5, 5.41) is 1.44. The average Bonchev–Trinajstić information content (AvgIpc) is 2.95. The Labute approximate surface area is 152 Å². The predicted molar refractivity (Wildman–Crippen MR) is 94.3 cm³/mol. The molecule has 0 radical (unpaired) electrons. The Morgan fingerprint density at radius 3 is 2.52 bits per heavy atom. The normalized spacial score (nSPS) is 14.0. The van der Waals surface area contributed by atoms with Crippen molar-refractivity contribution >= 4 is 39.4 Å². The number of hydrogen-bond donors (Lipinski definition) is 0. The van der Waals surface area contributed by atoms with E-state index < -0.39 is 17.8 Å². The highest BCUT2D eigenvalue weighted by molar-refractivity contribution is 8.76. The zero-order valence-corrected chi connectivity index (χ0v) is 14.7. The highest BCUT2D eigenvalue weighted by Gasteiger charge is 2.33. The van der Waals surface area contributed by atoms with E-state index in [1.54, 1.807) is 18.3 Å². The van der Waals surface area contributed by atoms with Crippen LogP contribution in [0.4, 0.5) is 0 Å². The largest absolute Gasteiger partial charge is 0.364 e. The van der Waals surface area contributed by atoms with Crippen molar-refractivity contribution in [1.82, 2.24) is 10.0 Å². The Morgan fingerprint density at radius 2 is 1.80 bits per heavy atom. The maximum Gasteiger partial charge on any atom is 0.364 e. The van der Waals surface area contributed by atoms with Gasteiger partial charge in [0.1, 0.15) is 5.03 Å². The standard InChI is InChI=1S/C17H14N2O4S2/c20-15-8-9-16(21)19(15)23-17(22)13-6-2-1-5-12(13)11-24-25-14-7-3-4-10-18-14/h1-7,10H,8-9,11H2. The minimum absolute atomic E-state index is 0.0737. The van der Waals surface area contributed by atoms with E-state index in [1.165, 1.54) is 21.6 Å². The molecule has 1 aromatic heterocycles. The van der Waals surface area contributed by atoms with Crippen molar-refractivity contribution in [2.75, 3.05) is 0 Å². The lowest BCUT2D eigenvalue weighted by molar-refractivity contribution is -0.172. The number of carbonyl (C=O) groups is 3. The number of rotatable bonds is 6. The molecule has 2 amide bonds. The van der Waals surface area contributed by atoms with Crippen LogP contribution in [0.3, 0.4) is 0 Å². The van der Waals surface area contributed by atoms with Crippen molar-refractivity contribution in [1.29, 1.82) is 0 Å². The van der Waals surface area contributed by atoms with Crippen molar-refractivity contribution in [2.45, 2.75) is 23.6 Å². The van der Waals surface area contributed by atoms with Gasteiger partial charge in [-0.15, -0.1) is 5.06 Å². The number of aromatic nitrogens is 1. The zero-order valence-electron chi connectivity index (χ0n) is 13.1. The van der Waals surface area contributed by atoms with E-state index in [1.807, 2.05) is 30.3 Å². The van der Waals surface area contributed by atoms with Crippen LogP contribution in [-0.4, -0.2) is 27.8 Å². The molecule has 8 heteroatoms. The molecule has 0 spiro atoms. The molecule has 0 aliphatic carbocycles. The third kappa shape index (κ3) is 4.40. The van der Waals surface area contributed by atoms with Gasteiger partial charge in [0.05, 0.1) is 5.56 Å². The molecular weight excluding hydrogens is 360 g/mol. The molecule has 2 aromatic rings. The van der Waals surface area contributed by atoms with Crippen molar-refractivity contribution in [2.24, 2.45) is 0 Å². The Hall–Kier alpha value is -2.32. The van der Waals surface area contributed by atoms with Gasteiger partial charge < -0.3 is 4.84 Å². The predicted octanol–water partition coefficient (Wildman–Crippen LogP) is 3.24. The minimum Gasteiger partial charge on any atom is -0.325 e. The summed E-state index contributed by atoms with van der Waals surface area (Å²) < 4.78 is 0. The monoisotopic (exact) mass is 374 g/mol. The highest BCUT2D eigenvalue weighted by Crippen LogP contribution is 2.33. The number of hydroxylamine groups is 2. The fraction of sp³-hybridized carbons (Fsp3) is 0.176. The van der Waals surface area contributed by atoms with Gasteiger partial charge >= 0.3 is 5.97 Å². The van der Waals surface area contributed by atoms with Crippen LogP contribution in [-0.2, 0) is 20.2 Å². The van der Waals surface area contributed by atoms with E-state index in [0.717, 1.165) is 10.6 Å². The number of nitrogens with zero attached hydrogens (tertiary/aromatic N) is 2. The third-order valence-corrected chi connectivity index (χ3v) is 5.59. The first kappa shape index (κ1) is 17.5. The quantitative estimate of drug-likeness (QED) is 0.567. The summed E-state index contributed by atoms with van der Waals surface area (Å²) in [7, 11) is 3.04. The molecule has 1 aliphatic rings. The maximum atomic E-state index is 12.3. The van der Waals surface area contributed by atoms with Gasteiger partial charge in [-0.05, 0) is 34.6 Å². The van der Waals surface area contributed by atoms with E-state index in [9.17, 15) is 14.4 Å². The first-order valence-corrected chi connectivity index (χ1v) is 9.83. The number of pyridine rings is 1. The number of imide groups is 1. The van der Waals surface area contributed by atoms with E-state index in [4.69, 9.17) is 4.84 Å². The van der Waals surface area contributed by atoms with E-state index in [2.05, 4.69) is 4.98 Å². The second kappa shape index (κ2) is 8.17. The molecule has 3 rings (SSSR count). The molecule has 0 unspecified atom stereocenters. The van der Waals surface area contributed by atoms with Crippen LogP contribution in [0.25, 0.3) is 0 Å². The van der Waals surface area contributed by atoms with E-state index in [0.29, 0.717) is 16.4 Å². The van der Waals surface area contributed by atoms with Crippen LogP contribution in [0.2, 0.25) is 0 Å². The molecule has 128 valence electrons. The van der Waals surface area contributed by atoms with Crippen LogP contribution >= 0.6 is 21.6 Å². The number of carbonyl (C=O) groups excluding carboxylic acids is 3. The Bertz CT molecular complexity index is 782. The van der Waals surface area contributed by atoms with Crippen molar-refractivity contribution in [3.05, 3.63) is 59.8 Å². The second-order valence-corrected chi connectivity index (χ2v) is 7.45. The summed E-state index contributed by atoms with van der Waals surface area (Å²) >= 11 is 0. The average molecular weight is 374 g/mol. The highest BCUT2D eigenvalue weighted by atomic mass is 33.1. The summed E-state index contributed by atoms with van der Waals surface area (Å²) in [6, 6.07) is 12.6. The molecule has 0 atom stereocenters. The molecular formula is C17H14N2O4S2. The van der Waals surface area contributed by atoms with Crippen LogP contribution in [0, 0.1) is 0 Å². The molecule has 6 nitrogen and oxygen atoms in total. The molecule has 1 saturated heterocycles. The van der Waals surface area contributed by atoms with Gasteiger partial charge in [0.15, 0.2) is 0 Å². The van der Waals surface area contributed by atoms with Crippen LogP contribution < -0.4 is 0 Å². The smallest absolute Gasteiger partial charge is 0.325 e. The van der Waals surface area contributed by atoms with Gasteiger partial charge in [-0.3, -0.25) is 9.59 Å².